The molecule has 1 radical (unpaired) electrons. The van der Waals surface area contributed by atoms with Gasteiger partial charge in [-0.2, -0.15) is 0 Å². The normalized spacial score (nSPS) is 19.1. The molecule has 3 rings (SSSR count). The molecule has 1 aliphatic rings. The van der Waals surface area contributed by atoms with Crippen LogP contribution in [-0.2, 0) is 6.42 Å². The topological polar surface area (TPSA) is 26.7 Å². The Morgan fingerprint density at radius 1 is 0.917 bits per heavy atom. The fourth-order valence-electron chi connectivity index (χ4n) is 3.33. The number of nitrogens with zero attached hydrogens (tertiary/aromatic N) is 2. The molecule has 0 bridgehead atoms. The van der Waals surface area contributed by atoms with Gasteiger partial charge in [-0.05, 0) is 36.6 Å². The Morgan fingerprint density at radius 3 is 2.08 bits per heavy atom. The molecule has 0 amide bonds. The van der Waals surface area contributed by atoms with Gasteiger partial charge in [0.2, 0.25) is 0 Å². The van der Waals surface area contributed by atoms with E-state index < -0.39 is 6.23 Å². The summed E-state index contributed by atoms with van der Waals surface area (Å²) in [6.07, 6.45) is 0.352. The number of aliphatic hydroxyl groups excluding tert-OH is 1. The second-order valence-corrected chi connectivity index (χ2v) is 6.75. The molecule has 0 spiro atoms. The Labute approximate surface area is 149 Å². The van der Waals surface area contributed by atoms with Crippen LogP contribution in [0.4, 0.5) is 0 Å². The number of rotatable bonds is 5. The average Bonchev–Trinajstić information content (AvgIpc) is 2.62. The first-order valence-corrected chi connectivity index (χ1v) is 8.80. The number of hydrogen-bond donors (Lipinski definition) is 1. The maximum absolute atomic E-state index is 9.67. The number of halogens is 1. The summed E-state index contributed by atoms with van der Waals surface area (Å²) in [4.78, 5) is 4.51. The predicted molar refractivity (Wildman–Crippen MR) is 98.8 cm³/mol. The van der Waals surface area contributed by atoms with E-state index in [1.165, 1.54) is 11.1 Å². The second kappa shape index (κ2) is 8.13. The molecule has 2 atom stereocenters. The molecule has 1 fully saturated rings. The van der Waals surface area contributed by atoms with Gasteiger partial charge >= 0.3 is 0 Å². The molecule has 127 valence electrons. The number of hydrogen-bond acceptors (Lipinski definition) is 3. The summed E-state index contributed by atoms with van der Waals surface area (Å²) in [6, 6.07) is 19.1. The average molecular weight is 344 g/mol. The van der Waals surface area contributed by atoms with Gasteiger partial charge in [0.1, 0.15) is 6.23 Å². The largest absolute Gasteiger partial charge is 0.378 e. The van der Waals surface area contributed by atoms with Gasteiger partial charge in [0, 0.05) is 37.2 Å². The second-order valence-electron chi connectivity index (χ2n) is 6.31. The summed E-state index contributed by atoms with van der Waals surface area (Å²) in [5, 5.41) is 10.4. The van der Waals surface area contributed by atoms with Gasteiger partial charge in [0.25, 0.3) is 0 Å². The fraction of sp³-hybridized carbons (Fsp3) is 0.350. The van der Waals surface area contributed by atoms with Crippen molar-refractivity contribution in [1.29, 1.82) is 0 Å². The van der Waals surface area contributed by atoms with Crippen molar-refractivity contribution in [3.63, 3.8) is 0 Å². The van der Waals surface area contributed by atoms with Crippen molar-refractivity contribution in [1.82, 2.24) is 9.80 Å². The van der Waals surface area contributed by atoms with Crippen LogP contribution in [0.1, 0.15) is 17.2 Å². The molecular formula is C20H24ClN2O. The van der Waals surface area contributed by atoms with Crippen molar-refractivity contribution in [3.05, 3.63) is 77.7 Å². The summed E-state index contributed by atoms with van der Waals surface area (Å²) in [7, 11) is 0. The Hall–Kier alpha value is -1.39. The minimum absolute atomic E-state index is 0.314. The SMILES string of the molecule is [CH2]C(O)N1CCN(C(Cc2ccccc2)c2ccc(Cl)cc2)CC1. The maximum atomic E-state index is 9.67. The van der Waals surface area contributed by atoms with Crippen molar-refractivity contribution in [2.75, 3.05) is 26.2 Å². The Balaban J connectivity index is 1.78. The van der Waals surface area contributed by atoms with E-state index in [2.05, 4.69) is 54.3 Å². The van der Waals surface area contributed by atoms with Crippen LogP contribution >= 0.6 is 11.6 Å². The third-order valence-electron chi connectivity index (χ3n) is 4.74. The van der Waals surface area contributed by atoms with Gasteiger partial charge in [-0.3, -0.25) is 9.80 Å². The van der Waals surface area contributed by atoms with Crippen LogP contribution in [-0.4, -0.2) is 47.3 Å². The monoisotopic (exact) mass is 343 g/mol. The summed E-state index contributed by atoms with van der Waals surface area (Å²) in [6.45, 7) is 7.24. The van der Waals surface area contributed by atoms with Crippen molar-refractivity contribution in [2.24, 2.45) is 0 Å². The highest BCUT2D eigenvalue weighted by atomic mass is 35.5. The molecule has 0 saturated carbocycles. The van der Waals surface area contributed by atoms with Gasteiger partial charge < -0.3 is 5.11 Å². The first-order chi connectivity index (χ1) is 11.6. The Bertz CT molecular complexity index is 622. The zero-order valence-corrected chi connectivity index (χ0v) is 14.6. The molecule has 1 aliphatic heterocycles. The van der Waals surface area contributed by atoms with Crippen LogP contribution in [0.5, 0.6) is 0 Å². The molecule has 0 aromatic heterocycles. The van der Waals surface area contributed by atoms with Crippen molar-refractivity contribution in [3.8, 4) is 0 Å². The predicted octanol–water partition coefficient (Wildman–Crippen LogP) is 3.39. The minimum Gasteiger partial charge on any atom is -0.378 e. The van der Waals surface area contributed by atoms with E-state index in [4.69, 9.17) is 11.6 Å². The third-order valence-corrected chi connectivity index (χ3v) is 4.99. The molecule has 2 aromatic rings. The quantitative estimate of drug-likeness (QED) is 0.901. The lowest BCUT2D eigenvalue weighted by atomic mass is 9.96. The van der Waals surface area contributed by atoms with Gasteiger partial charge in [0.05, 0.1) is 0 Å². The summed E-state index contributed by atoms with van der Waals surface area (Å²) >= 11 is 6.06. The van der Waals surface area contributed by atoms with E-state index in [-0.39, 0.29) is 0 Å². The van der Waals surface area contributed by atoms with Gasteiger partial charge in [-0.25, -0.2) is 0 Å². The van der Waals surface area contributed by atoms with E-state index in [9.17, 15) is 5.11 Å². The van der Waals surface area contributed by atoms with Crippen LogP contribution in [0, 0.1) is 6.92 Å². The highest BCUT2D eigenvalue weighted by Gasteiger charge is 2.26. The first-order valence-electron chi connectivity index (χ1n) is 8.42. The summed E-state index contributed by atoms with van der Waals surface area (Å²) in [5.74, 6) is 0. The highest BCUT2D eigenvalue weighted by molar-refractivity contribution is 6.30. The van der Waals surface area contributed by atoms with Gasteiger partial charge in [0.15, 0.2) is 0 Å². The van der Waals surface area contributed by atoms with Crippen molar-refractivity contribution in [2.45, 2.75) is 18.7 Å². The molecule has 4 heteroatoms. The minimum atomic E-state index is -0.616. The molecule has 3 nitrogen and oxygen atoms in total. The van der Waals surface area contributed by atoms with Crippen molar-refractivity contribution >= 4 is 11.6 Å². The number of benzene rings is 2. The molecular weight excluding hydrogens is 320 g/mol. The first kappa shape index (κ1) is 17.4. The van der Waals surface area contributed by atoms with Gasteiger partial charge in [-0.15, -0.1) is 0 Å². The van der Waals surface area contributed by atoms with Crippen LogP contribution in [0.2, 0.25) is 5.02 Å². The molecule has 2 unspecified atom stereocenters. The van der Waals surface area contributed by atoms with E-state index >= 15 is 0 Å². The molecule has 1 N–H and O–H groups in total. The zero-order chi connectivity index (χ0) is 16.9. The number of aliphatic hydroxyl groups is 1. The van der Waals surface area contributed by atoms with E-state index in [1.54, 1.807) is 0 Å². The molecule has 0 aliphatic carbocycles. The maximum Gasteiger partial charge on any atom is 0.107 e. The molecule has 24 heavy (non-hydrogen) atoms. The van der Waals surface area contributed by atoms with E-state index in [1.807, 2.05) is 17.0 Å². The fourth-order valence-corrected chi connectivity index (χ4v) is 3.45. The van der Waals surface area contributed by atoms with Crippen molar-refractivity contribution < 1.29 is 5.11 Å². The van der Waals surface area contributed by atoms with Crippen LogP contribution in [0.25, 0.3) is 0 Å². The molecule has 1 saturated heterocycles. The zero-order valence-electron chi connectivity index (χ0n) is 13.8. The highest BCUT2D eigenvalue weighted by Crippen LogP contribution is 2.27. The number of piperazine rings is 1. The lowest BCUT2D eigenvalue weighted by Crippen LogP contribution is -2.50. The summed E-state index contributed by atoms with van der Waals surface area (Å²) in [5.41, 5.74) is 2.61. The van der Waals surface area contributed by atoms with E-state index in [0.717, 1.165) is 37.6 Å². The third kappa shape index (κ3) is 4.37. The van der Waals surface area contributed by atoms with E-state index in [0.29, 0.717) is 6.04 Å². The standard InChI is InChI=1S/C20H24ClN2O/c1-16(24)22-11-13-23(14-12-22)20(15-17-5-3-2-4-6-17)18-7-9-19(21)10-8-18/h2-10,16,20,24H,1,11-15H2. The van der Waals surface area contributed by atoms with Gasteiger partial charge in [-0.1, -0.05) is 54.1 Å². The van der Waals surface area contributed by atoms with Crippen LogP contribution in [0.3, 0.4) is 0 Å². The smallest absolute Gasteiger partial charge is 0.107 e. The molecule has 1 heterocycles. The molecule has 2 aromatic carbocycles. The lowest BCUT2D eigenvalue weighted by Gasteiger charge is -2.40. The van der Waals surface area contributed by atoms with Crippen LogP contribution < -0.4 is 0 Å². The Kier molecular flexibility index (Phi) is 5.90. The summed E-state index contributed by atoms with van der Waals surface area (Å²) < 4.78 is 0. The Morgan fingerprint density at radius 2 is 1.50 bits per heavy atom. The van der Waals surface area contributed by atoms with Crippen LogP contribution in [0.15, 0.2) is 54.6 Å². The lowest BCUT2D eigenvalue weighted by molar-refractivity contribution is -0.00655.